The van der Waals surface area contributed by atoms with E-state index in [0.29, 0.717) is 11.5 Å². The number of benzene rings is 1. The maximum atomic E-state index is 5.86. The van der Waals surface area contributed by atoms with Crippen LogP contribution in [0.15, 0.2) is 24.3 Å². The van der Waals surface area contributed by atoms with Crippen molar-refractivity contribution in [2.24, 2.45) is 5.41 Å². The predicted molar refractivity (Wildman–Crippen MR) is 66.8 cm³/mol. The predicted octanol–water partition coefficient (Wildman–Crippen LogP) is 3.03. The number of nitrogens with one attached hydrogen (secondary N) is 1. The van der Waals surface area contributed by atoms with Gasteiger partial charge in [0.1, 0.15) is 0 Å². The molecule has 0 aliphatic carbocycles. The molecular formula is C13H18ClNO. The lowest BCUT2D eigenvalue weighted by atomic mass is 9.88. The fourth-order valence-corrected chi connectivity index (χ4v) is 1.95. The van der Waals surface area contributed by atoms with E-state index < -0.39 is 0 Å². The van der Waals surface area contributed by atoms with E-state index in [1.807, 2.05) is 12.1 Å². The smallest absolute Gasteiger partial charge is 0.0554 e. The molecule has 1 atom stereocenters. The molecular weight excluding hydrogens is 222 g/mol. The van der Waals surface area contributed by atoms with E-state index in [1.165, 1.54) is 5.56 Å². The van der Waals surface area contributed by atoms with E-state index >= 15 is 0 Å². The number of ether oxygens (including phenoxy) is 1. The molecule has 0 spiro atoms. The molecule has 1 aliphatic rings. The average Bonchev–Trinajstić information content (AvgIpc) is 2.24. The molecule has 1 aliphatic heterocycles. The standard InChI is InChI=1S/C13H18ClNO/c1-10(11-3-5-12(14)6-4-11)15-7-13(2)8-16-9-13/h3-6,10,15H,7-9H2,1-2H3/t10-/m0/s1. The van der Waals surface area contributed by atoms with Gasteiger partial charge in [-0.3, -0.25) is 0 Å². The first kappa shape index (κ1) is 11.9. The number of halogens is 1. The molecule has 1 aromatic rings. The molecule has 0 amide bonds. The number of hydrogen-bond donors (Lipinski definition) is 1. The molecule has 0 bridgehead atoms. The van der Waals surface area contributed by atoms with Gasteiger partial charge in [-0.05, 0) is 24.6 Å². The molecule has 88 valence electrons. The molecule has 1 saturated heterocycles. The van der Waals surface area contributed by atoms with Gasteiger partial charge < -0.3 is 10.1 Å². The van der Waals surface area contributed by atoms with Crippen LogP contribution in [0.25, 0.3) is 0 Å². The highest BCUT2D eigenvalue weighted by molar-refractivity contribution is 6.30. The Kier molecular flexibility index (Phi) is 3.53. The SMILES string of the molecule is C[C@H](NCC1(C)COC1)c1ccc(Cl)cc1. The van der Waals surface area contributed by atoms with E-state index in [0.717, 1.165) is 24.8 Å². The Morgan fingerprint density at radius 2 is 2.00 bits per heavy atom. The molecule has 0 unspecified atom stereocenters. The van der Waals surface area contributed by atoms with Crippen LogP contribution >= 0.6 is 11.6 Å². The minimum Gasteiger partial charge on any atom is -0.380 e. The Hall–Kier alpha value is -0.570. The fourth-order valence-electron chi connectivity index (χ4n) is 1.82. The third-order valence-corrected chi connectivity index (χ3v) is 3.36. The van der Waals surface area contributed by atoms with Gasteiger partial charge >= 0.3 is 0 Å². The van der Waals surface area contributed by atoms with Crippen molar-refractivity contribution in [3.05, 3.63) is 34.9 Å². The summed E-state index contributed by atoms with van der Waals surface area (Å²) in [4.78, 5) is 0. The minimum atomic E-state index is 0.320. The average molecular weight is 240 g/mol. The van der Waals surface area contributed by atoms with E-state index in [4.69, 9.17) is 16.3 Å². The summed E-state index contributed by atoms with van der Waals surface area (Å²) in [6, 6.07) is 8.36. The quantitative estimate of drug-likeness (QED) is 0.872. The maximum Gasteiger partial charge on any atom is 0.0554 e. The zero-order valence-electron chi connectivity index (χ0n) is 9.79. The summed E-state index contributed by atoms with van der Waals surface area (Å²) in [6.07, 6.45) is 0. The van der Waals surface area contributed by atoms with Gasteiger partial charge in [-0.2, -0.15) is 0 Å². The van der Waals surface area contributed by atoms with E-state index in [-0.39, 0.29) is 0 Å². The lowest BCUT2D eigenvalue weighted by Gasteiger charge is -2.39. The van der Waals surface area contributed by atoms with Crippen LogP contribution in [0.3, 0.4) is 0 Å². The van der Waals surface area contributed by atoms with E-state index in [2.05, 4.69) is 31.3 Å². The molecule has 3 heteroatoms. The molecule has 1 N–H and O–H groups in total. The second kappa shape index (κ2) is 4.74. The molecule has 0 aromatic heterocycles. The van der Waals surface area contributed by atoms with Gasteiger partial charge in [0.05, 0.1) is 13.2 Å². The van der Waals surface area contributed by atoms with Gasteiger partial charge in [-0.15, -0.1) is 0 Å². The van der Waals surface area contributed by atoms with Gasteiger partial charge in [-0.1, -0.05) is 30.7 Å². The first-order valence-electron chi connectivity index (χ1n) is 5.66. The lowest BCUT2D eigenvalue weighted by molar-refractivity contribution is -0.0999. The Labute approximate surface area is 102 Å². The van der Waals surface area contributed by atoms with Crippen molar-refractivity contribution in [3.8, 4) is 0 Å². The second-order valence-electron chi connectivity index (χ2n) is 4.96. The summed E-state index contributed by atoms with van der Waals surface area (Å²) >= 11 is 5.86. The molecule has 1 heterocycles. The highest BCUT2D eigenvalue weighted by atomic mass is 35.5. The summed E-state index contributed by atoms with van der Waals surface area (Å²) in [7, 11) is 0. The van der Waals surface area contributed by atoms with Gasteiger partial charge in [0.25, 0.3) is 0 Å². The van der Waals surface area contributed by atoms with Gasteiger partial charge in [0.2, 0.25) is 0 Å². The molecule has 1 fully saturated rings. The Morgan fingerprint density at radius 1 is 1.38 bits per heavy atom. The maximum absolute atomic E-state index is 5.86. The topological polar surface area (TPSA) is 21.3 Å². The zero-order chi connectivity index (χ0) is 11.6. The first-order chi connectivity index (χ1) is 7.59. The van der Waals surface area contributed by atoms with E-state index in [9.17, 15) is 0 Å². The van der Waals surface area contributed by atoms with Crippen molar-refractivity contribution in [1.82, 2.24) is 5.32 Å². The first-order valence-corrected chi connectivity index (χ1v) is 6.03. The lowest BCUT2D eigenvalue weighted by Crippen LogP contribution is -2.47. The van der Waals surface area contributed by atoms with Crippen molar-refractivity contribution in [2.45, 2.75) is 19.9 Å². The highest BCUT2D eigenvalue weighted by Crippen LogP contribution is 2.26. The Balaban J connectivity index is 1.87. The summed E-state index contributed by atoms with van der Waals surface area (Å²) in [5.74, 6) is 0. The van der Waals surface area contributed by atoms with Crippen LogP contribution in [-0.2, 0) is 4.74 Å². The van der Waals surface area contributed by atoms with E-state index in [1.54, 1.807) is 0 Å². The molecule has 2 nitrogen and oxygen atoms in total. The highest BCUT2D eigenvalue weighted by Gasteiger charge is 2.33. The summed E-state index contributed by atoms with van der Waals surface area (Å²) < 4.78 is 5.23. The van der Waals surface area contributed by atoms with Crippen molar-refractivity contribution in [2.75, 3.05) is 19.8 Å². The summed E-state index contributed by atoms with van der Waals surface area (Å²) in [6.45, 7) is 7.15. The van der Waals surface area contributed by atoms with Crippen molar-refractivity contribution >= 4 is 11.6 Å². The Bertz CT molecular complexity index is 345. The second-order valence-corrected chi connectivity index (χ2v) is 5.39. The fraction of sp³-hybridized carbons (Fsp3) is 0.538. The molecule has 1 aromatic carbocycles. The van der Waals surface area contributed by atoms with Crippen LogP contribution in [0.2, 0.25) is 5.02 Å². The van der Waals surface area contributed by atoms with Crippen LogP contribution in [0.1, 0.15) is 25.5 Å². The van der Waals surface area contributed by atoms with Gasteiger partial charge in [0.15, 0.2) is 0 Å². The molecule has 2 rings (SSSR count). The molecule has 0 saturated carbocycles. The number of rotatable bonds is 4. The normalized spacial score (nSPS) is 20.2. The van der Waals surface area contributed by atoms with Crippen molar-refractivity contribution < 1.29 is 4.74 Å². The molecule has 0 radical (unpaired) electrons. The van der Waals surface area contributed by atoms with Crippen LogP contribution in [0.4, 0.5) is 0 Å². The minimum absolute atomic E-state index is 0.320. The zero-order valence-corrected chi connectivity index (χ0v) is 10.6. The third kappa shape index (κ3) is 2.76. The van der Waals surface area contributed by atoms with Crippen molar-refractivity contribution in [1.29, 1.82) is 0 Å². The largest absolute Gasteiger partial charge is 0.380 e. The van der Waals surface area contributed by atoms with Crippen LogP contribution in [-0.4, -0.2) is 19.8 Å². The third-order valence-electron chi connectivity index (χ3n) is 3.11. The van der Waals surface area contributed by atoms with Crippen LogP contribution < -0.4 is 5.32 Å². The number of hydrogen-bond acceptors (Lipinski definition) is 2. The van der Waals surface area contributed by atoms with Gasteiger partial charge in [0, 0.05) is 23.0 Å². The Morgan fingerprint density at radius 3 is 2.50 bits per heavy atom. The van der Waals surface area contributed by atoms with Crippen LogP contribution in [0, 0.1) is 5.41 Å². The van der Waals surface area contributed by atoms with Crippen molar-refractivity contribution in [3.63, 3.8) is 0 Å². The monoisotopic (exact) mass is 239 g/mol. The summed E-state index contributed by atoms with van der Waals surface area (Å²) in [5.41, 5.74) is 1.59. The van der Waals surface area contributed by atoms with Crippen LogP contribution in [0.5, 0.6) is 0 Å². The summed E-state index contributed by atoms with van der Waals surface area (Å²) in [5, 5.41) is 4.33. The van der Waals surface area contributed by atoms with Gasteiger partial charge in [-0.25, -0.2) is 0 Å². The molecule has 16 heavy (non-hydrogen) atoms.